The molecule has 0 saturated carbocycles. The van der Waals surface area contributed by atoms with Crippen LogP contribution in [0.3, 0.4) is 0 Å². The zero-order valence-electron chi connectivity index (χ0n) is 17.1. The predicted octanol–water partition coefficient (Wildman–Crippen LogP) is 4.66. The Bertz CT molecular complexity index is 657. The second-order valence-corrected chi connectivity index (χ2v) is 6.45. The van der Waals surface area contributed by atoms with Crippen LogP contribution in [0, 0.1) is 0 Å². The van der Waals surface area contributed by atoms with Gasteiger partial charge in [-0.3, -0.25) is 4.79 Å². The minimum atomic E-state index is -0.392. The monoisotopic (exact) mass is 362 g/mol. The van der Waals surface area contributed by atoms with E-state index < -0.39 is 5.97 Å². The van der Waals surface area contributed by atoms with Gasteiger partial charge in [-0.05, 0) is 40.5 Å². The highest BCUT2D eigenvalue weighted by Crippen LogP contribution is 2.49. The van der Waals surface area contributed by atoms with Gasteiger partial charge in [-0.1, -0.05) is 23.3 Å². The lowest BCUT2D eigenvalue weighted by Gasteiger charge is -2.22. The average Bonchev–Trinajstić information content (AvgIpc) is 2.57. The lowest BCUT2D eigenvalue weighted by atomic mass is 9.98. The fourth-order valence-corrected chi connectivity index (χ4v) is 2.63. The lowest BCUT2D eigenvalue weighted by Crippen LogP contribution is -2.11. The fourth-order valence-electron chi connectivity index (χ4n) is 2.63. The summed E-state index contributed by atoms with van der Waals surface area (Å²) in [7, 11) is 4.70. The zero-order valence-corrected chi connectivity index (χ0v) is 17.1. The third kappa shape index (κ3) is 5.28. The number of carbonyl (C=O) groups excluding carboxylic acids is 1. The lowest BCUT2D eigenvalue weighted by molar-refractivity contribution is -0.132. The Balaban J connectivity index is 3.86. The second-order valence-electron chi connectivity index (χ2n) is 6.45. The van der Waals surface area contributed by atoms with Crippen molar-refractivity contribution in [1.82, 2.24) is 0 Å². The summed E-state index contributed by atoms with van der Waals surface area (Å²) in [4.78, 5) is 11.8. The minimum absolute atomic E-state index is 0.392. The summed E-state index contributed by atoms with van der Waals surface area (Å²) in [6, 6.07) is 0. The molecular formula is C21H30O5. The number of ether oxygens (including phenoxy) is 4. The third-order valence-corrected chi connectivity index (χ3v) is 3.80. The van der Waals surface area contributed by atoms with Gasteiger partial charge in [-0.25, -0.2) is 0 Å². The topological polar surface area (TPSA) is 54.0 Å². The van der Waals surface area contributed by atoms with Gasteiger partial charge in [-0.2, -0.15) is 0 Å². The van der Waals surface area contributed by atoms with E-state index in [0.29, 0.717) is 35.8 Å². The van der Waals surface area contributed by atoms with E-state index in [0.717, 1.165) is 22.3 Å². The van der Waals surface area contributed by atoms with Gasteiger partial charge in [0.1, 0.15) is 5.75 Å². The Morgan fingerprint density at radius 3 is 1.35 bits per heavy atom. The molecule has 0 spiro atoms. The molecule has 0 bridgehead atoms. The van der Waals surface area contributed by atoms with E-state index in [9.17, 15) is 4.79 Å². The van der Waals surface area contributed by atoms with Crippen LogP contribution in [0.1, 0.15) is 45.7 Å². The molecule has 0 heterocycles. The van der Waals surface area contributed by atoms with E-state index in [-0.39, 0.29) is 0 Å². The first kappa shape index (κ1) is 21.6. The van der Waals surface area contributed by atoms with Crippen molar-refractivity contribution in [2.45, 2.75) is 47.5 Å². The number of allylic oxidation sites excluding steroid dienone is 4. The van der Waals surface area contributed by atoms with Gasteiger partial charge in [0.05, 0.1) is 21.3 Å². The van der Waals surface area contributed by atoms with Crippen molar-refractivity contribution in [3.8, 4) is 23.0 Å². The van der Waals surface area contributed by atoms with Crippen LogP contribution in [0.2, 0.25) is 0 Å². The third-order valence-electron chi connectivity index (χ3n) is 3.80. The van der Waals surface area contributed by atoms with Crippen molar-refractivity contribution in [3.63, 3.8) is 0 Å². The summed E-state index contributed by atoms with van der Waals surface area (Å²) >= 11 is 0. The van der Waals surface area contributed by atoms with Crippen molar-refractivity contribution in [2.75, 3.05) is 21.3 Å². The molecule has 0 unspecified atom stereocenters. The zero-order chi connectivity index (χ0) is 19.9. The molecule has 0 atom stereocenters. The van der Waals surface area contributed by atoms with Crippen LogP contribution in [0.4, 0.5) is 0 Å². The van der Waals surface area contributed by atoms with Crippen molar-refractivity contribution >= 4 is 5.97 Å². The highest BCUT2D eigenvalue weighted by molar-refractivity contribution is 5.75. The molecule has 0 radical (unpaired) electrons. The highest BCUT2D eigenvalue weighted by Gasteiger charge is 2.27. The smallest absolute Gasteiger partial charge is 0.308 e. The van der Waals surface area contributed by atoms with Gasteiger partial charge in [-0.15, -0.1) is 0 Å². The summed E-state index contributed by atoms with van der Waals surface area (Å²) in [5.41, 5.74) is 3.83. The van der Waals surface area contributed by atoms with Gasteiger partial charge >= 0.3 is 5.97 Å². The van der Waals surface area contributed by atoms with Crippen LogP contribution in [-0.2, 0) is 17.6 Å². The summed E-state index contributed by atoms with van der Waals surface area (Å²) in [5.74, 6) is 1.61. The maximum absolute atomic E-state index is 11.8. The van der Waals surface area contributed by atoms with Gasteiger partial charge in [0.25, 0.3) is 0 Å². The number of hydrogen-bond donors (Lipinski definition) is 0. The molecular weight excluding hydrogens is 332 g/mol. The van der Waals surface area contributed by atoms with E-state index in [2.05, 4.69) is 12.2 Å². The molecule has 0 aliphatic heterocycles. The molecule has 1 aromatic carbocycles. The second kappa shape index (κ2) is 9.90. The van der Waals surface area contributed by atoms with E-state index in [1.165, 1.54) is 6.92 Å². The summed E-state index contributed by atoms with van der Waals surface area (Å²) in [6.07, 6.45) is 5.22. The van der Waals surface area contributed by atoms with E-state index >= 15 is 0 Å². The largest absolute Gasteiger partial charge is 0.492 e. The van der Waals surface area contributed by atoms with Crippen LogP contribution < -0.4 is 18.9 Å². The van der Waals surface area contributed by atoms with Crippen molar-refractivity contribution < 1.29 is 23.7 Å². The number of methoxy groups -OCH3 is 3. The molecule has 0 fully saturated rings. The van der Waals surface area contributed by atoms with Gasteiger partial charge < -0.3 is 18.9 Å². The normalized spacial score (nSPS) is 10.0. The van der Waals surface area contributed by atoms with Gasteiger partial charge in [0.15, 0.2) is 11.5 Å². The number of carbonyl (C=O) groups is 1. The first-order valence-electron chi connectivity index (χ1n) is 8.55. The number of esters is 1. The van der Waals surface area contributed by atoms with Crippen LogP contribution in [-0.4, -0.2) is 27.3 Å². The molecule has 1 aromatic rings. The molecule has 0 saturated heterocycles. The minimum Gasteiger partial charge on any atom is -0.492 e. The maximum atomic E-state index is 11.8. The average molecular weight is 362 g/mol. The molecule has 0 aromatic heterocycles. The molecule has 0 amide bonds. The Hall–Kier alpha value is -2.43. The van der Waals surface area contributed by atoms with Crippen molar-refractivity contribution in [1.29, 1.82) is 0 Å². The van der Waals surface area contributed by atoms with Crippen LogP contribution in [0.15, 0.2) is 23.3 Å². The van der Waals surface area contributed by atoms with E-state index in [1.807, 2.05) is 27.7 Å². The number of rotatable bonds is 8. The molecule has 0 aliphatic carbocycles. The first-order valence-corrected chi connectivity index (χ1v) is 8.55. The Morgan fingerprint density at radius 2 is 1.08 bits per heavy atom. The quantitative estimate of drug-likeness (QED) is 0.383. The standard InChI is InChI=1S/C21H30O5/c1-13(2)9-11-16-18(26-15(5)22)17(12-10-14(3)4)20(24-7)21(25-8)19(16)23-6/h9-10H,11-12H2,1-8H3. The predicted molar refractivity (Wildman–Crippen MR) is 104 cm³/mol. The van der Waals surface area contributed by atoms with Crippen LogP contribution in [0.5, 0.6) is 23.0 Å². The first-order chi connectivity index (χ1) is 12.3. The molecule has 1 rings (SSSR count). The summed E-state index contributed by atoms with van der Waals surface area (Å²) in [6.45, 7) is 9.45. The summed E-state index contributed by atoms with van der Waals surface area (Å²) < 4.78 is 22.4. The SMILES string of the molecule is COc1c(CC=C(C)C)c(OC(C)=O)c(CC=C(C)C)c(OC)c1OC. The summed E-state index contributed by atoms with van der Waals surface area (Å²) in [5, 5.41) is 0. The molecule has 26 heavy (non-hydrogen) atoms. The van der Waals surface area contributed by atoms with Crippen LogP contribution in [0.25, 0.3) is 0 Å². The van der Waals surface area contributed by atoms with E-state index in [1.54, 1.807) is 21.3 Å². The van der Waals surface area contributed by atoms with Crippen molar-refractivity contribution in [2.24, 2.45) is 0 Å². The Morgan fingerprint density at radius 1 is 0.692 bits per heavy atom. The molecule has 144 valence electrons. The van der Waals surface area contributed by atoms with Crippen LogP contribution >= 0.6 is 0 Å². The molecule has 5 heteroatoms. The fraction of sp³-hybridized carbons (Fsp3) is 0.476. The number of hydrogen-bond acceptors (Lipinski definition) is 5. The van der Waals surface area contributed by atoms with E-state index in [4.69, 9.17) is 18.9 Å². The number of benzene rings is 1. The highest BCUT2D eigenvalue weighted by atomic mass is 16.5. The van der Waals surface area contributed by atoms with Gasteiger partial charge in [0.2, 0.25) is 5.75 Å². The molecule has 0 aliphatic rings. The Labute approximate surface area is 156 Å². The Kier molecular flexibility index (Phi) is 8.23. The maximum Gasteiger partial charge on any atom is 0.308 e. The van der Waals surface area contributed by atoms with Gasteiger partial charge in [0, 0.05) is 18.1 Å². The molecule has 0 N–H and O–H groups in total. The molecule has 5 nitrogen and oxygen atoms in total. The van der Waals surface area contributed by atoms with Crippen molar-refractivity contribution in [3.05, 3.63) is 34.4 Å².